The quantitative estimate of drug-likeness (QED) is 0.456. The minimum absolute atomic E-state index is 0.0571. The molecule has 3 nitrogen and oxygen atoms in total. The Kier molecular flexibility index (Phi) is 3.28. The molecule has 0 spiro atoms. The third-order valence-electron chi connectivity index (χ3n) is 1.67. The molecule has 0 saturated carbocycles. The van der Waals surface area contributed by atoms with Crippen molar-refractivity contribution < 1.29 is 9.31 Å². The third-order valence-corrected chi connectivity index (χ3v) is 2.30. The molecule has 0 fully saturated rings. The van der Waals surface area contributed by atoms with Gasteiger partial charge < -0.3 is 0 Å². The van der Waals surface area contributed by atoms with Crippen molar-refractivity contribution in [1.82, 2.24) is 0 Å². The largest absolute Gasteiger partial charge is 0.273 e. The molecule has 0 aliphatic rings. The highest BCUT2D eigenvalue weighted by Crippen LogP contribution is 2.30. The fraction of sp³-hybridized carbons (Fsp3) is 0.143. The van der Waals surface area contributed by atoms with Gasteiger partial charge in [-0.2, -0.15) is 0 Å². The van der Waals surface area contributed by atoms with Crippen molar-refractivity contribution in [1.29, 1.82) is 0 Å². The number of hydrogen-bond donors (Lipinski definition) is 0. The van der Waals surface area contributed by atoms with Gasteiger partial charge in [0.2, 0.25) is 0 Å². The van der Waals surface area contributed by atoms with Crippen LogP contribution < -0.4 is 0 Å². The van der Waals surface area contributed by atoms with Gasteiger partial charge in [-0.3, -0.25) is 10.1 Å². The van der Waals surface area contributed by atoms with Crippen molar-refractivity contribution in [3.8, 4) is 0 Å². The lowest BCUT2D eigenvalue weighted by atomic mass is 9.40. The molecule has 0 amide bonds. The number of non-ortho nitro benzene ring substituents is 1. The predicted molar refractivity (Wildman–Crippen MR) is 59.7 cm³/mol. The van der Waals surface area contributed by atoms with E-state index < -0.39 is 21.5 Å². The highest BCUT2D eigenvalue weighted by molar-refractivity contribution is 9.10. The number of halogens is 2. The van der Waals surface area contributed by atoms with Crippen LogP contribution in [0.4, 0.5) is 10.1 Å². The number of nitro groups is 1. The summed E-state index contributed by atoms with van der Waals surface area (Å²) in [4.78, 5) is 9.66. The Balaban J connectivity index is 3.41. The van der Waals surface area contributed by atoms with Crippen LogP contribution in [-0.4, -0.2) is 28.5 Å². The van der Waals surface area contributed by atoms with Crippen LogP contribution in [0.1, 0.15) is 5.56 Å². The first-order chi connectivity index (χ1) is 6.73. The minimum Gasteiger partial charge on any atom is -0.258 e. The smallest absolute Gasteiger partial charge is 0.258 e. The zero-order valence-electron chi connectivity index (χ0n) is 7.41. The van der Waals surface area contributed by atoms with Gasteiger partial charge in [0.15, 0.2) is 0 Å². The zero-order valence-corrected chi connectivity index (χ0v) is 8.99. The maximum absolute atomic E-state index is 13.4. The molecule has 6 radical (unpaired) electrons. The standard InChI is InChI=1S/C7H2B3BrFNO2/c8-7(9,10)6-4(11)1-3(13(14)15)2-5(6)12/h1-2H. The van der Waals surface area contributed by atoms with Crippen LogP contribution in [0.15, 0.2) is 16.6 Å². The second kappa shape index (κ2) is 4.00. The van der Waals surface area contributed by atoms with Crippen molar-refractivity contribution in [3.63, 3.8) is 0 Å². The fourth-order valence-corrected chi connectivity index (χ4v) is 1.85. The summed E-state index contributed by atoms with van der Waals surface area (Å²) in [6.07, 6.45) is 0. The Morgan fingerprint density at radius 2 is 1.93 bits per heavy atom. The van der Waals surface area contributed by atoms with E-state index in [9.17, 15) is 14.5 Å². The van der Waals surface area contributed by atoms with Crippen LogP contribution in [0.3, 0.4) is 0 Å². The molecule has 0 aromatic heterocycles. The molecule has 0 unspecified atom stereocenters. The van der Waals surface area contributed by atoms with Crippen molar-refractivity contribution in [2.75, 3.05) is 0 Å². The average Bonchev–Trinajstić information content (AvgIpc) is 1.99. The Bertz CT molecular complexity index is 398. The summed E-state index contributed by atoms with van der Waals surface area (Å²) in [6.45, 7) is 0. The lowest BCUT2D eigenvalue weighted by molar-refractivity contribution is -0.385. The normalized spacial score (nSPS) is 11.3. The van der Waals surface area contributed by atoms with Crippen LogP contribution in [0.2, 0.25) is 0 Å². The second-order valence-corrected chi connectivity index (χ2v) is 3.83. The van der Waals surface area contributed by atoms with Gasteiger partial charge in [0.1, 0.15) is 5.82 Å². The van der Waals surface area contributed by atoms with Crippen LogP contribution in [-0.2, 0) is 5.11 Å². The summed E-state index contributed by atoms with van der Waals surface area (Å²) >= 11 is 2.92. The number of nitrogens with zero attached hydrogens (tertiary/aromatic N) is 1. The Hall–Kier alpha value is -0.775. The molecule has 1 aromatic carbocycles. The first-order valence-corrected chi connectivity index (χ1v) is 4.53. The molecule has 0 saturated heterocycles. The summed E-state index contributed by atoms with van der Waals surface area (Å²) in [5, 5.41) is 8.50. The SMILES string of the molecule is [B]C([B])([B])c1c(F)cc([N+](=O)[O-])cc1Br. The number of nitro benzene ring substituents is 1. The van der Waals surface area contributed by atoms with Gasteiger partial charge in [0.25, 0.3) is 5.69 Å². The average molecular weight is 263 g/mol. The summed E-state index contributed by atoms with van der Waals surface area (Å²) in [7, 11) is 15.9. The summed E-state index contributed by atoms with van der Waals surface area (Å²) in [5.74, 6) is -0.927. The Labute approximate surface area is 97.9 Å². The fourth-order valence-electron chi connectivity index (χ4n) is 1.08. The van der Waals surface area contributed by atoms with Crippen LogP contribution >= 0.6 is 15.9 Å². The van der Waals surface area contributed by atoms with E-state index in [4.69, 9.17) is 23.5 Å². The lowest BCUT2D eigenvalue weighted by Crippen LogP contribution is -2.29. The summed E-state index contributed by atoms with van der Waals surface area (Å²) in [5.41, 5.74) is -0.625. The minimum atomic E-state index is -1.89. The van der Waals surface area contributed by atoms with Gasteiger partial charge in [-0.1, -0.05) is 15.9 Å². The van der Waals surface area contributed by atoms with Gasteiger partial charge in [-0.15, -0.1) is 5.11 Å². The highest BCUT2D eigenvalue weighted by Gasteiger charge is 2.23. The van der Waals surface area contributed by atoms with E-state index in [-0.39, 0.29) is 10.0 Å². The molecular formula is C7H2B3BrFNO2. The summed E-state index contributed by atoms with van der Waals surface area (Å²) < 4.78 is 13.4. The van der Waals surface area contributed by atoms with Gasteiger partial charge in [-0.05, 0) is 5.56 Å². The van der Waals surface area contributed by atoms with Crippen molar-refractivity contribution in [2.45, 2.75) is 5.11 Å². The van der Waals surface area contributed by atoms with E-state index in [0.29, 0.717) is 6.07 Å². The van der Waals surface area contributed by atoms with Gasteiger partial charge >= 0.3 is 0 Å². The molecule has 0 atom stereocenters. The highest BCUT2D eigenvalue weighted by atomic mass is 79.9. The molecule has 15 heavy (non-hydrogen) atoms. The van der Waals surface area contributed by atoms with Gasteiger partial charge in [-0.25, -0.2) is 4.39 Å². The van der Waals surface area contributed by atoms with Crippen LogP contribution in [0.5, 0.6) is 0 Å². The Morgan fingerprint density at radius 1 is 1.40 bits per heavy atom. The van der Waals surface area contributed by atoms with E-state index in [1.165, 1.54) is 0 Å². The van der Waals surface area contributed by atoms with Crippen molar-refractivity contribution in [2.24, 2.45) is 0 Å². The maximum atomic E-state index is 13.4. The summed E-state index contributed by atoms with van der Waals surface area (Å²) in [6, 6.07) is 1.79. The first-order valence-electron chi connectivity index (χ1n) is 3.74. The molecule has 8 heteroatoms. The molecule has 0 bridgehead atoms. The molecule has 1 aromatic rings. The van der Waals surface area contributed by atoms with Gasteiger partial charge in [0, 0.05) is 10.5 Å². The number of benzene rings is 1. The zero-order chi connectivity index (χ0) is 11.8. The third kappa shape index (κ3) is 2.62. The molecule has 0 aliphatic heterocycles. The first kappa shape index (κ1) is 12.3. The van der Waals surface area contributed by atoms with E-state index in [1.807, 2.05) is 0 Å². The molecule has 1 rings (SSSR count). The van der Waals surface area contributed by atoms with E-state index in [0.717, 1.165) is 6.07 Å². The van der Waals surface area contributed by atoms with E-state index >= 15 is 0 Å². The van der Waals surface area contributed by atoms with Gasteiger partial charge in [0.05, 0.1) is 34.5 Å². The predicted octanol–water partition coefficient (Wildman–Crippen LogP) is 1.11. The lowest BCUT2D eigenvalue weighted by Gasteiger charge is -2.22. The number of rotatable bonds is 2. The maximum Gasteiger partial charge on any atom is 0.273 e. The molecular weight excluding hydrogens is 261 g/mol. The number of hydrogen-bond acceptors (Lipinski definition) is 2. The van der Waals surface area contributed by atoms with Crippen LogP contribution in [0.25, 0.3) is 0 Å². The molecule has 70 valence electrons. The molecule has 0 N–H and O–H groups in total. The van der Waals surface area contributed by atoms with Crippen molar-refractivity contribution >= 4 is 45.2 Å². The topological polar surface area (TPSA) is 43.1 Å². The molecule has 0 aliphatic carbocycles. The Morgan fingerprint density at radius 3 is 2.27 bits per heavy atom. The monoisotopic (exact) mass is 263 g/mol. The van der Waals surface area contributed by atoms with Crippen LogP contribution in [0, 0.1) is 15.9 Å². The van der Waals surface area contributed by atoms with Crippen molar-refractivity contribution in [3.05, 3.63) is 38.1 Å². The van der Waals surface area contributed by atoms with E-state index in [2.05, 4.69) is 15.9 Å². The second-order valence-electron chi connectivity index (χ2n) is 2.97. The molecule has 0 heterocycles. The van der Waals surface area contributed by atoms with E-state index in [1.54, 1.807) is 0 Å².